The molecule has 0 amide bonds. The number of para-hydroxylation sites is 1. The molecule has 0 aliphatic heterocycles. The summed E-state index contributed by atoms with van der Waals surface area (Å²) in [7, 11) is -3.87. The van der Waals surface area contributed by atoms with Crippen molar-refractivity contribution in [1.82, 2.24) is 4.31 Å². The van der Waals surface area contributed by atoms with Crippen LogP contribution in [0.5, 0.6) is 0 Å². The summed E-state index contributed by atoms with van der Waals surface area (Å²) in [5.74, 6) is 0. The highest BCUT2D eigenvalue weighted by Crippen LogP contribution is 2.35. The smallest absolute Gasteiger partial charge is 0.258 e. The highest BCUT2D eigenvalue weighted by molar-refractivity contribution is 7.89. The van der Waals surface area contributed by atoms with E-state index >= 15 is 0 Å². The Balaban J connectivity index is 1.90. The maximum absolute atomic E-state index is 12.9. The highest BCUT2D eigenvalue weighted by Gasteiger charge is 2.40. The van der Waals surface area contributed by atoms with Gasteiger partial charge in [-0.05, 0) is 36.8 Å². The second kappa shape index (κ2) is 6.38. The van der Waals surface area contributed by atoms with Gasteiger partial charge in [0.25, 0.3) is 5.69 Å². The van der Waals surface area contributed by atoms with Crippen LogP contribution in [0.2, 0.25) is 0 Å². The van der Waals surface area contributed by atoms with Crippen molar-refractivity contribution in [1.29, 1.82) is 0 Å². The predicted octanol–water partition coefficient (Wildman–Crippen LogP) is 3.05. The molecule has 1 heterocycles. The molecule has 23 heavy (non-hydrogen) atoms. The lowest BCUT2D eigenvalue weighted by atomic mass is 10.3. The van der Waals surface area contributed by atoms with Gasteiger partial charge < -0.3 is 0 Å². The summed E-state index contributed by atoms with van der Waals surface area (Å²) >= 11 is 1.58. The molecule has 1 saturated carbocycles. The summed E-state index contributed by atoms with van der Waals surface area (Å²) < 4.78 is 27.3. The van der Waals surface area contributed by atoms with E-state index in [1.54, 1.807) is 11.3 Å². The molecule has 0 unspecified atom stereocenters. The SMILES string of the molecule is O=[N+]([O-])c1ccccc1S(=O)(=O)N(CCc1cccs1)C1CC1. The number of sulfonamides is 1. The van der Waals surface area contributed by atoms with Crippen molar-refractivity contribution in [3.05, 3.63) is 56.8 Å². The molecule has 1 aromatic carbocycles. The Morgan fingerprint density at radius 3 is 2.57 bits per heavy atom. The number of hydrogen-bond acceptors (Lipinski definition) is 5. The molecule has 0 spiro atoms. The van der Waals surface area contributed by atoms with Crippen LogP contribution in [0.4, 0.5) is 5.69 Å². The first kappa shape index (κ1) is 16.1. The van der Waals surface area contributed by atoms with Crippen LogP contribution in [0.3, 0.4) is 0 Å². The van der Waals surface area contributed by atoms with Crippen molar-refractivity contribution in [2.75, 3.05) is 6.54 Å². The van der Waals surface area contributed by atoms with E-state index in [0.29, 0.717) is 13.0 Å². The number of thiophene rings is 1. The normalized spacial score (nSPS) is 15.0. The van der Waals surface area contributed by atoms with E-state index in [1.165, 1.54) is 28.6 Å². The van der Waals surface area contributed by atoms with Gasteiger partial charge in [-0.2, -0.15) is 4.31 Å². The van der Waals surface area contributed by atoms with Gasteiger partial charge in [0.1, 0.15) is 0 Å². The van der Waals surface area contributed by atoms with Crippen LogP contribution in [0, 0.1) is 10.1 Å². The van der Waals surface area contributed by atoms with Crippen LogP contribution >= 0.6 is 11.3 Å². The zero-order chi connectivity index (χ0) is 16.4. The molecular weight excluding hydrogens is 336 g/mol. The standard InChI is InChI=1S/C15H16N2O4S2/c18-17(19)14-5-1-2-6-15(14)23(20,21)16(12-7-8-12)10-9-13-4-3-11-22-13/h1-6,11-12H,7-10H2. The number of nitro benzene ring substituents is 1. The summed E-state index contributed by atoms with van der Waals surface area (Å²) in [6.07, 6.45) is 2.24. The van der Waals surface area contributed by atoms with Gasteiger partial charge in [0.2, 0.25) is 10.0 Å². The minimum absolute atomic E-state index is 0.0419. The molecule has 0 bridgehead atoms. The molecule has 0 radical (unpaired) electrons. The Morgan fingerprint density at radius 2 is 1.96 bits per heavy atom. The van der Waals surface area contributed by atoms with Crippen LogP contribution in [0.1, 0.15) is 17.7 Å². The lowest BCUT2D eigenvalue weighted by molar-refractivity contribution is -0.387. The summed E-state index contributed by atoms with van der Waals surface area (Å²) in [5.41, 5.74) is -0.366. The Bertz CT molecular complexity index is 799. The number of nitrogens with zero attached hydrogens (tertiary/aromatic N) is 2. The van der Waals surface area contributed by atoms with Crippen LogP contribution in [-0.4, -0.2) is 30.2 Å². The summed E-state index contributed by atoms with van der Waals surface area (Å²) in [6.45, 7) is 0.347. The predicted molar refractivity (Wildman–Crippen MR) is 88.0 cm³/mol. The average molecular weight is 352 g/mol. The third-order valence-corrected chi connectivity index (χ3v) is 6.70. The van der Waals surface area contributed by atoms with Crippen molar-refractivity contribution >= 4 is 27.0 Å². The topological polar surface area (TPSA) is 80.5 Å². The number of benzene rings is 1. The second-order valence-corrected chi connectivity index (χ2v) is 8.29. The quantitative estimate of drug-likeness (QED) is 0.566. The van der Waals surface area contributed by atoms with Gasteiger partial charge in [0.05, 0.1) is 4.92 Å². The first-order valence-corrected chi connectivity index (χ1v) is 9.60. The van der Waals surface area contributed by atoms with E-state index in [-0.39, 0.29) is 16.6 Å². The fraction of sp³-hybridized carbons (Fsp3) is 0.333. The van der Waals surface area contributed by atoms with Crippen LogP contribution in [0.25, 0.3) is 0 Å². The molecule has 1 aliphatic carbocycles. The molecule has 122 valence electrons. The van der Waals surface area contributed by atoms with Gasteiger partial charge in [-0.15, -0.1) is 11.3 Å². The lowest BCUT2D eigenvalue weighted by Gasteiger charge is -2.21. The average Bonchev–Trinajstić information content (AvgIpc) is 3.22. The zero-order valence-electron chi connectivity index (χ0n) is 12.3. The van der Waals surface area contributed by atoms with Crippen LogP contribution in [0.15, 0.2) is 46.7 Å². The third-order valence-electron chi connectivity index (χ3n) is 3.76. The first-order valence-electron chi connectivity index (χ1n) is 7.28. The fourth-order valence-electron chi connectivity index (χ4n) is 2.49. The molecular formula is C15H16N2O4S2. The Hall–Kier alpha value is -1.77. The maximum atomic E-state index is 12.9. The minimum Gasteiger partial charge on any atom is -0.258 e. The molecule has 0 N–H and O–H groups in total. The molecule has 1 fully saturated rings. The van der Waals surface area contributed by atoms with E-state index in [1.807, 2.05) is 17.5 Å². The molecule has 1 aliphatic rings. The number of hydrogen-bond donors (Lipinski definition) is 0. The maximum Gasteiger partial charge on any atom is 0.289 e. The second-order valence-electron chi connectivity index (χ2n) is 5.40. The van der Waals surface area contributed by atoms with Gasteiger partial charge in [0, 0.05) is 23.5 Å². The van der Waals surface area contributed by atoms with E-state index in [2.05, 4.69) is 0 Å². The summed E-state index contributed by atoms with van der Waals surface area (Å²) in [4.78, 5) is 11.4. The molecule has 6 nitrogen and oxygen atoms in total. The fourth-order valence-corrected chi connectivity index (χ4v) is 5.03. The third kappa shape index (κ3) is 3.44. The Labute approximate surface area is 138 Å². The highest BCUT2D eigenvalue weighted by atomic mass is 32.2. The van der Waals surface area contributed by atoms with Crippen molar-refractivity contribution in [3.8, 4) is 0 Å². The van der Waals surface area contributed by atoms with E-state index in [0.717, 1.165) is 17.7 Å². The van der Waals surface area contributed by atoms with E-state index in [4.69, 9.17) is 0 Å². The monoisotopic (exact) mass is 352 g/mol. The first-order chi connectivity index (χ1) is 11.0. The van der Waals surface area contributed by atoms with Gasteiger partial charge in [0.15, 0.2) is 4.90 Å². The molecule has 0 saturated heterocycles. The van der Waals surface area contributed by atoms with Gasteiger partial charge in [-0.1, -0.05) is 18.2 Å². The minimum atomic E-state index is -3.87. The summed E-state index contributed by atoms with van der Waals surface area (Å²) in [6, 6.07) is 9.39. The Morgan fingerprint density at radius 1 is 1.22 bits per heavy atom. The Kier molecular flexibility index (Phi) is 4.47. The van der Waals surface area contributed by atoms with Crippen LogP contribution in [-0.2, 0) is 16.4 Å². The van der Waals surface area contributed by atoms with E-state index in [9.17, 15) is 18.5 Å². The van der Waals surface area contributed by atoms with Crippen LogP contribution < -0.4 is 0 Å². The zero-order valence-corrected chi connectivity index (χ0v) is 13.9. The molecule has 8 heteroatoms. The largest absolute Gasteiger partial charge is 0.289 e. The lowest BCUT2D eigenvalue weighted by Crippen LogP contribution is -2.35. The number of rotatable bonds is 7. The van der Waals surface area contributed by atoms with Gasteiger partial charge in [-0.3, -0.25) is 10.1 Å². The molecule has 0 atom stereocenters. The molecule has 3 rings (SSSR count). The molecule has 2 aromatic rings. The number of nitro groups is 1. The summed E-state index contributed by atoms with van der Waals surface area (Å²) in [5, 5.41) is 13.1. The van der Waals surface area contributed by atoms with Crippen molar-refractivity contribution in [2.24, 2.45) is 0 Å². The van der Waals surface area contributed by atoms with Crippen molar-refractivity contribution in [3.63, 3.8) is 0 Å². The molecule has 1 aromatic heterocycles. The van der Waals surface area contributed by atoms with Crippen molar-refractivity contribution in [2.45, 2.75) is 30.2 Å². The van der Waals surface area contributed by atoms with Crippen molar-refractivity contribution < 1.29 is 13.3 Å². The van der Waals surface area contributed by atoms with Gasteiger partial charge >= 0.3 is 0 Å². The van der Waals surface area contributed by atoms with E-state index < -0.39 is 14.9 Å². The van der Waals surface area contributed by atoms with Gasteiger partial charge in [-0.25, -0.2) is 8.42 Å².